The molecule has 0 radical (unpaired) electrons. The molecule has 0 spiro atoms. The Morgan fingerprint density at radius 1 is 1.44 bits per heavy atom. The first-order valence-electron chi connectivity index (χ1n) is 5.76. The zero-order valence-corrected chi connectivity index (χ0v) is 11.8. The lowest BCUT2D eigenvalue weighted by atomic mass is 10.0. The first-order chi connectivity index (χ1) is 8.25. The van der Waals surface area contributed by atoms with Crippen LogP contribution in [0, 0.1) is 0 Å². The molecule has 0 bridgehead atoms. The van der Waals surface area contributed by atoms with Gasteiger partial charge >= 0.3 is 0 Å². The van der Waals surface area contributed by atoms with Gasteiger partial charge in [0.25, 0.3) is 5.91 Å². The van der Waals surface area contributed by atoms with E-state index in [1.807, 2.05) is 6.92 Å². The standard InChI is InChI=1S/C13H19ClN2O2/c1-8(13(2,3)18)16-9-5-6-11(14)10(7-9)12(17)15-4/h5-8,16,18H,1-4H3,(H,15,17). The van der Waals surface area contributed by atoms with Crippen molar-refractivity contribution in [3.05, 3.63) is 28.8 Å². The molecule has 1 atom stereocenters. The zero-order chi connectivity index (χ0) is 13.9. The van der Waals surface area contributed by atoms with Crippen molar-refractivity contribution < 1.29 is 9.90 Å². The van der Waals surface area contributed by atoms with Crippen molar-refractivity contribution in [2.45, 2.75) is 32.4 Å². The predicted molar refractivity (Wildman–Crippen MR) is 74.2 cm³/mol. The highest BCUT2D eigenvalue weighted by Crippen LogP contribution is 2.22. The van der Waals surface area contributed by atoms with E-state index in [0.717, 1.165) is 5.69 Å². The van der Waals surface area contributed by atoms with Crippen molar-refractivity contribution in [2.75, 3.05) is 12.4 Å². The smallest absolute Gasteiger partial charge is 0.252 e. The minimum atomic E-state index is -0.854. The van der Waals surface area contributed by atoms with Gasteiger partial charge < -0.3 is 15.7 Å². The van der Waals surface area contributed by atoms with Crippen LogP contribution in [0.25, 0.3) is 0 Å². The summed E-state index contributed by atoms with van der Waals surface area (Å²) >= 11 is 5.96. The SMILES string of the molecule is CNC(=O)c1cc(NC(C)C(C)(C)O)ccc1Cl. The minimum absolute atomic E-state index is 0.156. The van der Waals surface area contributed by atoms with E-state index >= 15 is 0 Å². The molecule has 0 saturated heterocycles. The summed E-state index contributed by atoms with van der Waals surface area (Å²) < 4.78 is 0. The Bertz CT molecular complexity index is 441. The van der Waals surface area contributed by atoms with E-state index in [4.69, 9.17) is 11.6 Å². The van der Waals surface area contributed by atoms with E-state index in [9.17, 15) is 9.90 Å². The molecule has 0 aliphatic carbocycles. The van der Waals surface area contributed by atoms with Crippen LogP contribution in [-0.2, 0) is 0 Å². The average molecular weight is 271 g/mol. The number of carbonyl (C=O) groups is 1. The van der Waals surface area contributed by atoms with Gasteiger partial charge in [-0.25, -0.2) is 0 Å². The lowest BCUT2D eigenvalue weighted by Gasteiger charge is -2.27. The predicted octanol–water partition coefficient (Wildman–Crippen LogP) is 2.27. The maximum atomic E-state index is 11.6. The number of aliphatic hydroxyl groups is 1. The molecule has 0 fully saturated rings. The molecule has 18 heavy (non-hydrogen) atoms. The summed E-state index contributed by atoms with van der Waals surface area (Å²) in [5, 5.41) is 15.9. The maximum absolute atomic E-state index is 11.6. The molecule has 5 heteroatoms. The van der Waals surface area contributed by atoms with Crippen LogP contribution in [0.1, 0.15) is 31.1 Å². The van der Waals surface area contributed by atoms with Crippen LogP contribution >= 0.6 is 11.6 Å². The van der Waals surface area contributed by atoms with Gasteiger partial charge in [-0.1, -0.05) is 11.6 Å². The summed E-state index contributed by atoms with van der Waals surface area (Å²) in [6, 6.07) is 4.95. The van der Waals surface area contributed by atoms with Crippen LogP contribution in [0.4, 0.5) is 5.69 Å². The highest BCUT2D eigenvalue weighted by Gasteiger charge is 2.22. The molecule has 1 amide bonds. The number of amides is 1. The number of hydrogen-bond donors (Lipinski definition) is 3. The van der Waals surface area contributed by atoms with Gasteiger partial charge in [0.15, 0.2) is 0 Å². The van der Waals surface area contributed by atoms with Crippen LogP contribution < -0.4 is 10.6 Å². The third-order valence-corrected chi connectivity index (χ3v) is 3.21. The largest absolute Gasteiger partial charge is 0.388 e. The fraction of sp³-hybridized carbons (Fsp3) is 0.462. The number of anilines is 1. The van der Waals surface area contributed by atoms with Crippen LogP contribution in [0.15, 0.2) is 18.2 Å². The van der Waals surface area contributed by atoms with Crippen LogP contribution in [0.2, 0.25) is 5.02 Å². The van der Waals surface area contributed by atoms with Gasteiger partial charge in [0.05, 0.1) is 22.2 Å². The zero-order valence-electron chi connectivity index (χ0n) is 11.0. The van der Waals surface area contributed by atoms with E-state index in [1.54, 1.807) is 39.1 Å². The summed E-state index contributed by atoms with van der Waals surface area (Å²) in [6.45, 7) is 5.31. The monoisotopic (exact) mass is 270 g/mol. The first-order valence-corrected chi connectivity index (χ1v) is 6.14. The van der Waals surface area contributed by atoms with E-state index in [2.05, 4.69) is 10.6 Å². The molecule has 0 aliphatic heterocycles. The van der Waals surface area contributed by atoms with Crippen molar-refractivity contribution in [3.63, 3.8) is 0 Å². The number of nitrogens with one attached hydrogen (secondary N) is 2. The normalized spacial score (nSPS) is 13.0. The molecule has 3 N–H and O–H groups in total. The molecule has 100 valence electrons. The maximum Gasteiger partial charge on any atom is 0.252 e. The molecule has 1 aromatic carbocycles. The average Bonchev–Trinajstić information content (AvgIpc) is 2.29. The van der Waals surface area contributed by atoms with E-state index in [0.29, 0.717) is 10.6 Å². The summed E-state index contributed by atoms with van der Waals surface area (Å²) in [7, 11) is 1.55. The quantitative estimate of drug-likeness (QED) is 0.787. The van der Waals surface area contributed by atoms with E-state index in [-0.39, 0.29) is 11.9 Å². The number of rotatable bonds is 4. The fourth-order valence-corrected chi connectivity index (χ4v) is 1.55. The molecular formula is C13H19ClN2O2. The van der Waals surface area contributed by atoms with Crippen LogP contribution in [0.3, 0.4) is 0 Å². The van der Waals surface area contributed by atoms with Gasteiger partial charge in [-0.3, -0.25) is 4.79 Å². The van der Waals surface area contributed by atoms with Gasteiger partial charge in [-0.15, -0.1) is 0 Å². The molecule has 0 heterocycles. The van der Waals surface area contributed by atoms with Gasteiger partial charge in [0.1, 0.15) is 0 Å². The highest BCUT2D eigenvalue weighted by molar-refractivity contribution is 6.34. The number of hydrogen-bond acceptors (Lipinski definition) is 3. The second-order valence-corrected chi connectivity index (χ2v) is 5.20. The fourth-order valence-electron chi connectivity index (χ4n) is 1.35. The van der Waals surface area contributed by atoms with Crippen molar-refractivity contribution in [1.82, 2.24) is 5.32 Å². The molecular weight excluding hydrogens is 252 g/mol. The number of benzene rings is 1. The van der Waals surface area contributed by atoms with Gasteiger partial charge in [0, 0.05) is 12.7 Å². The Balaban J connectivity index is 2.96. The second kappa shape index (κ2) is 5.59. The molecule has 0 aliphatic rings. The van der Waals surface area contributed by atoms with Gasteiger partial charge in [-0.05, 0) is 39.0 Å². The van der Waals surface area contributed by atoms with Crippen LogP contribution in [0.5, 0.6) is 0 Å². The third kappa shape index (κ3) is 3.62. The van der Waals surface area contributed by atoms with Gasteiger partial charge in [0.2, 0.25) is 0 Å². The molecule has 1 rings (SSSR count). The molecule has 4 nitrogen and oxygen atoms in total. The highest BCUT2D eigenvalue weighted by atomic mass is 35.5. The summed E-state index contributed by atoms with van der Waals surface area (Å²) in [5.74, 6) is -0.237. The summed E-state index contributed by atoms with van der Waals surface area (Å²) in [4.78, 5) is 11.6. The second-order valence-electron chi connectivity index (χ2n) is 4.79. The summed E-state index contributed by atoms with van der Waals surface area (Å²) in [6.07, 6.45) is 0. The molecule has 1 unspecified atom stereocenters. The van der Waals surface area contributed by atoms with Crippen molar-refractivity contribution in [2.24, 2.45) is 0 Å². The third-order valence-electron chi connectivity index (χ3n) is 2.88. The minimum Gasteiger partial charge on any atom is -0.388 e. The number of halogens is 1. The summed E-state index contributed by atoms with van der Waals surface area (Å²) in [5.41, 5.74) is 0.298. The lowest BCUT2D eigenvalue weighted by molar-refractivity contribution is 0.0649. The number of carbonyl (C=O) groups excluding carboxylic acids is 1. The van der Waals surface area contributed by atoms with Crippen molar-refractivity contribution in [1.29, 1.82) is 0 Å². The lowest BCUT2D eigenvalue weighted by Crippen LogP contribution is -2.39. The molecule has 0 saturated carbocycles. The molecule has 1 aromatic rings. The van der Waals surface area contributed by atoms with Crippen molar-refractivity contribution in [3.8, 4) is 0 Å². The van der Waals surface area contributed by atoms with E-state index in [1.165, 1.54) is 0 Å². The topological polar surface area (TPSA) is 61.4 Å². The van der Waals surface area contributed by atoms with Crippen molar-refractivity contribution >= 4 is 23.2 Å². The van der Waals surface area contributed by atoms with Crippen LogP contribution in [-0.4, -0.2) is 29.7 Å². The van der Waals surface area contributed by atoms with E-state index < -0.39 is 5.60 Å². The Morgan fingerprint density at radius 2 is 2.06 bits per heavy atom. The Kier molecular flexibility index (Phi) is 4.59. The Morgan fingerprint density at radius 3 is 2.56 bits per heavy atom. The Hall–Kier alpha value is -1.26. The molecule has 0 aromatic heterocycles. The Labute approximate surface area is 112 Å². The van der Waals surface area contributed by atoms with Gasteiger partial charge in [-0.2, -0.15) is 0 Å². The first kappa shape index (κ1) is 14.8.